The van der Waals surface area contributed by atoms with Gasteiger partial charge in [0.05, 0.1) is 11.4 Å². The van der Waals surface area contributed by atoms with E-state index in [1.807, 2.05) is 6.92 Å². The topological polar surface area (TPSA) is 55.2 Å². The van der Waals surface area contributed by atoms with E-state index in [-0.39, 0.29) is 18.0 Å². The van der Waals surface area contributed by atoms with E-state index in [1.165, 1.54) is 10.4 Å². The highest BCUT2D eigenvalue weighted by atomic mass is 32.2. The van der Waals surface area contributed by atoms with Crippen molar-refractivity contribution in [3.05, 3.63) is 83.4 Å². The van der Waals surface area contributed by atoms with Gasteiger partial charge in [0.15, 0.2) is 11.6 Å². The number of sulfonamides is 1. The fourth-order valence-electron chi connectivity index (χ4n) is 3.32. The third-order valence-electron chi connectivity index (χ3n) is 5.27. The number of benzene rings is 2. The average Bonchev–Trinajstić information content (AvgIpc) is 3.43. The average molecular weight is 432 g/mol. The molecule has 1 aromatic heterocycles. The molecule has 158 valence electrons. The molecule has 8 heteroatoms. The number of halogens is 2. The molecule has 0 radical (unpaired) electrons. The van der Waals surface area contributed by atoms with Gasteiger partial charge in [0, 0.05) is 25.5 Å². The minimum absolute atomic E-state index is 0.114. The van der Waals surface area contributed by atoms with Crippen LogP contribution in [-0.4, -0.2) is 28.8 Å². The standard InChI is InChI=1S/C22H23F2N3O2S/c1-16-2-7-19(8-3-16)30(28,29)27(14-17-4-5-17)15-22-25-10-11-26(22)13-18-6-9-20(23)21(24)12-18/h2-3,6-12,17H,4-5,13-15H2,1H3. The van der Waals surface area contributed by atoms with Crippen LogP contribution in [0.3, 0.4) is 0 Å². The first kappa shape index (κ1) is 20.7. The van der Waals surface area contributed by atoms with E-state index in [2.05, 4.69) is 4.98 Å². The Labute approximate surface area is 175 Å². The van der Waals surface area contributed by atoms with Gasteiger partial charge >= 0.3 is 0 Å². The van der Waals surface area contributed by atoms with E-state index in [9.17, 15) is 17.2 Å². The van der Waals surface area contributed by atoms with Crippen molar-refractivity contribution in [2.45, 2.75) is 37.8 Å². The number of hydrogen-bond donors (Lipinski definition) is 0. The second kappa shape index (κ2) is 8.28. The highest BCUT2D eigenvalue weighted by molar-refractivity contribution is 7.89. The molecule has 1 saturated carbocycles. The Morgan fingerprint density at radius 3 is 2.50 bits per heavy atom. The second-order valence-corrected chi connectivity index (χ2v) is 9.71. The van der Waals surface area contributed by atoms with Gasteiger partial charge in [-0.05, 0) is 55.5 Å². The number of imidazole rings is 1. The molecule has 0 amide bonds. The molecule has 0 unspecified atom stereocenters. The summed E-state index contributed by atoms with van der Waals surface area (Å²) < 4.78 is 56.6. The fraction of sp³-hybridized carbons (Fsp3) is 0.318. The van der Waals surface area contributed by atoms with Crippen molar-refractivity contribution in [2.75, 3.05) is 6.54 Å². The second-order valence-electron chi connectivity index (χ2n) is 7.77. The number of aryl methyl sites for hydroxylation is 1. The SMILES string of the molecule is Cc1ccc(S(=O)(=O)N(Cc2nccn2Cc2ccc(F)c(F)c2)CC2CC2)cc1. The van der Waals surface area contributed by atoms with Crippen LogP contribution in [-0.2, 0) is 23.1 Å². The Morgan fingerprint density at radius 2 is 1.83 bits per heavy atom. The fourth-order valence-corrected chi connectivity index (χ4v) is 4.79. The third-order valence-corrected chi connectivity index (χ3v) is 7.10. The van der Waals surface area contributed by atoms with Crippen LogP contribution in [0.1, 0.15) is 29.8 Å². The van der Waals surface area contributed by atoms with Crippen LogP contribution in [0.4, 0.5) is 8.78 Å². The van der Waals surface area contributed by atoms with Crippen LogP contribution in [0.25, 0.3) is 0 Å². The largest absolute Gasteiger partial charge is 0.329 e. The Bertz CT molecular complexity index is 1140. The summed E-state index contributed by atoms with van der Waals surface area (Å²) in [4.78, 5) is 4.59. The molecule has 3 aromatic rings. The predicted molar refractivity (Wildman–Crippen MR) is 109 cm³/mol. The van der Waals surface area contributed by atoms with Crippen molar-refractivity contribution in [3.8, 4) is 0 Å². The van der Waals surface area contributed by atoms with Gasteiger partial charge in [-0.3, -0.25) is 0 Å². The molecule has 0 bridgehead atoms. The predicted octanol–water partition coefficient (Wildman–Crippen LogP) is 4.12. The minimum atomic E-state index is -3.68. The zero-order chi connectivity index (χ0) is 21.3. The van der Waals surface area contributed by atoms with E-state index >= 15 is 0 Å². The molecule has 0 N–H and O–H groups in total. The lowest BCUT2D eigenvalue weighted by molar-refractivity contribution is 0.377. The lowest BCUT2D eigenvalue weighted by Gasteiger charge is -2.22. The van der Waals surface area contributed by atoms with Gasteiger partial charge in [-0.1, -0.05) is 23.8 Å². The first-order valence-electron chi connectivity index (χ1n) is 9.83. The smallest absolute Gasteiger partial charge is 0.243 e. The summed E-state index contributed by atoms with van der Waals surface area (Å²) >= 11 is 0. The Morgan fingerprint density at radius 1 is 1.10 bits per heavy atom. The first-order chi connectivity index (χ1) is 14.3. The molecule has 1 fully saturated rings. The van der Waals surface area contributed by atoms with Crippen LogP contribution in [0.5, 0.6) is 0 Å². The van der Waals surface area contributed by atoms with Crippen molar-refractivity contribution >= 4 is 10.0 Å². The molecule has 1 aliphatic carbocycles. The monoisotopic (exact) mass is 431 g/mol. The van der Waals surface area contributed by atoms with Crippen LogP contribution in [0, 0.1) is 24.5 Å². The maximum Gasteiger partial charge on any atom is 0.243 e. The van der Waals surface area contributed by atoms with Crippen molar-refractivity contribution in [1.29, 1.82) is 0 Å². The molecular formula is C22H23F2N3O2S. The summed E-state index contributed by atoms with van der Waals surface area (Å²) in [6, 6.07) is 10.6. The zero-order valence-corrected chi connectivity index (χ0v) is 17.4. The molecule has 2 aromatic carbocycles. The van der Waals surface area contributed by atoms with Crippen LogP contribution in [0.15, 0.2) is 59.8 Å². The van der Waals surface area contributed by atoms with Gasteiger partial charge in [-0.25, -0.2) is 22.2 Å². The highest BCUT2D eigenvalue weighted by Crippen LogP contribution is 2.32. The molecule has 5 nitrogen and oxygen atoms in total. The summed E-state index contributed by atoms with van der Waals surface area (Å²) in [7, 11) is -3.68. The quantitative estimate of drug-likeness (QED) is 0.539. The molecule has 1 aliphatic rings. The Kier molecular flexibility index (Phi) is 5.71. The molecule has 1 heterocycles. The van der Waals surface area contributed by atoms with Crippen LogP contribution in [0.2, 0.25) is 0 Å². The maximum atomic E-state index is 13.6. The lowest BCUT2D eigenvalue weighted by Crippen LogP contribution is -2.33. The van der Waals surface area contributed by atoms with Crippen LogP contribution >= 0.6 is 0 Å². The summed E-state index contributed by atoms with van der Waals surface area (Å²) in [5.41, 5.74) is 1.56. The molecule has 0 spiro atoms. The van der Waals surface area contributed by atoms with Gasteiger partial charge in [0.25, 0.3) is 0 Å². The third kappa shape index (κ3) is 4.60. The van der Waals surface area contributed by atoms with E-state index in [0.717, 1.165) is 30.5 Å². The van der Waals surface area contributed by atoms with E-state index < -0.39 is 21.7 Å². The van der Waals surface area contributed by atoms with E-state index in [0.29, 0.717) is 23.9 Å². The van der Waals surface area contributed by atoms with E-state index in [4.69, 9.17) is 0 Å². The Balaban J connectivity index is 1.59. The van der Waals surface area contributed by atoms with Gasteiger partial charge in [-0.15, -0.1) is 0 Å². The van der Waals surface area contributed by atoms with Crippen LogP contribution < -0.4 is 0 Å². The molecule has 0 aliphatic heterocycles. The van der Waals surface area contributed by atoms with Crippen molar-refractivity contribution in [2.24, 2.45) is 5.92 Å². The number of hydrogen-bond acceptors (Lipinski definition) is 3. The van der Waals surface area contributed by atoms with Gasteiger partial charge < -0.3 is 4.57 Å². The maximum absolute atomic E-state index is 13.6. The summed E-state index contributed by atoms with van der Waals surface area (Å²) in [5.74, 6) is -0.897. The molecular weight excluding hydrogens is 408 g/mol. The van der Waals surface area contributed by atoms with Gasteiger partial charge in [0.2, 0.25) is 10.0 Å². The molecule has 30 heavy (non-hydrogen) atoms. The summed E-state index contributed by atoms with van der Waals surface area (Å²) in [6.45, 7) is 2.74. The van der Waals surface area contributed by atoms with Crippen molar-refractivity contribution in [1.82, 2.24) is 13.9 Å². The van der Waals surface area contributed by atoms with Gasteiger partial charge in [0.1, 0.15) is 5.82 Å². The molecule has 0 atom stereocenters. The number of aromatic nitrogens is 2. The van der Waals surface area contributed by atoms with Crippen molar-refractivity contribution < 1.29 is 17.2 Å². The first-order valence-corrected chi connectivity index (χ1v) is 11.3. The summed E-state index contributed by atoms with van der Waals surface area (Å²) in [6.07, 6.45) is 5.33. The number of nitrogens with zero attached hydrogens (tertiary/aromatic N) is 3. The molecule has 4 rings (SSSR count). The normalized spacial score (nSPS) is 14.4. The van der Waals surface area contributed by atoms with Gasteiger partial charge in [-0.2, -0.15) is 4.31 Å². The molecule has 0 saturated heterocycles. The van der Waals surface area contributed by atoms with Crippen molar-refractivity contribution in [3.63, 3.8) is 0 Å². The lowest BCUT2D eigenvalue weighted by atomic mass is 10.2. The number of rotatable bonds is 8. The zero-order valence-electron chi connectivity index (χ0n) is 16.6. The van der Waals surface area contributed by atoms with E-state index in [1.54, 1.807) is 41.2 Å². The minimum Gasteiger partial charge on any atom is -0.329 e. The highest BCUT2D eigenvalue weighted by Gasteiger charge is 2.32. The summed E-state index contributed by atoms with van der Waals surface area (Å²) in [5, 5.41) is 0. The Hall–Kier alpha value is -2.58.